The topological polar surface area (TPSA) is 92.2 Å². The van der Waals surface area contributed by atoms with Crippen LogP contribution in [-0.2, 0) is 18.6 Å². The normalized spacial score (nSPS) is 9.14. The monoisotopic (exact) mass is 343 g/mol. The molecular weight excluding hydrogens is 307 g/mol. The maximum atomic E-state index is 9.63. The van der Waals surface area contributed by atoms with Crippen LogP contribution < -0.4 is 20.4 Å². The maximum absolute atomic E-state index is 9.63. The summed E-state index contributed by atoms with van der Waals surface area (Å²) in [5, 5.41) is 38.5. The van der Waals surface area contributed by atoms with E-state index in [2.05, 4.69) is 0 Å². The smallest absolute Gasteiger partial charge is 0.854 e. The van der Waals surface area contributed by atoms with Crippen LogP contribution in [0.4, 0.5) is 0 Å². The molecule has 0 aliphatic rings. The van der Waals surface area contributed by atoms with E-state index in [4.69, 9.17) is 0 Å². The molecule has 0 aliphatic heterocycles. The molecule has 1 radical (unpaired) electrons. The van der Waals surface area contributed by atoms with Gasteiger partial charge in [-0.15, -0.1) is 26.4 Å². The molecule has 0 aliphatic carbocycles. The van der Waals surface area contributed by atoms with Crippen molar-refractivity contribution in [1.29, 1.82) is 0 Å². The molecule has 129 valence electrons. The minimum atomic E-state index is 0. The molecule has 0 bridgehead atoms. The summed E-state index contributed by atoms with van der Waals surface area (Å²) >= 11 is 0. The second kappa shape index (κ2) is 28.6. The average molecular weight is 343 g/mol. The zero-order valence-corrected chi connectivity index (χ0v) is 16.6. The van der Waals surface area contributed by atoms with Gasteiger partial charge in [-0.25, -0.2) is 0 Å². The van der Waals surface area contributed by atoms with Gasteiger partial charge in [-0.2, -0.15) is 0 Å². The van der Waals surface area contributed by atoms with Crippen LogP contribution in [0.5, 0.6) is 0 Å². The van der Waals surface area contributed by atoms with Crippen LogP contribution in [0, 0.1) is 23.7 Å². The zero-order chi connectivity index (χ0) is 17.1. The Bertz CT molecular complexity index is 108. The van der Waals surface area contributed by atoms with Crippen molar-refractivity contribution >= 4 is 0 Å². The molecule has 0 unspecified atom stereocenters. The predicted octanol–water partition coefficient (Wildman–Crippen LogP) is 0.00830. The van der Waals surface area contributed by atoms with E-state index in [0.29, 0.717) is 23.7 Å². The standard InChI is InChI=1S/4C4H9O.V/c4*1-4(2)3-5;/h4*4H,3H2,1-2H3;/q4*-1;+4. The summed E-state index contributed by atoms with van der Waals surface area (Å²) in [4.78, 5) is 0. The molecule has 0 saturated heterocycles. The summed E-state index contributed by atoms with van der Waals surface area (Å²) in [6, 6.07) is 0. The Morgan fingerprint density at radius 1 is 0.429 bits per heavy atom. The second-order valence-electron chi connectivity index (χ2n) is 6.24. The van der Waals surface area contributed by atoms with Gasteiger partial charge in [-0.3, -0.25) is 0 Å². The van der Waals surface area contributed by atoms with Gasteiger partial charge in [-0.05, 0) is 0 Å². The quantitative estimate of drug-likeness (QED) is 0.719. The number of hydrogen-bond acceptors (Lipinski definition) is 4. The van der Waals surface area contributed by atoms with Gasteiger partial charge < -0.3 is 20.4 Å². The first kappa shape index (κ1) is 33.1. The van der Waals surface area contributed by atoms with Crippen LogP contribution in [-0.4, -0.2) is 26.4 Å². The van der Waals surface area contributed by atoms with Gasteiger partial charge in [0.05, 0.1) is 0 Å². The van der Waals surface area contributed by atoms with Crippen molar-refractivity contribution in [1.82, 2.24) is 0 Å². The Labute approximate surface area is 144 Å². The molecule has 0 saturated carbocycles. The SMILES string of the molecule is CC(C)C[O-].CC(C)C[O-].CC(C)C[O-].CC(C)C[O-].[V+4]. The van der Waals surface area contributed by atoms with Crippen molar-refractivity contribution in [3.05, 3.63) is 0 Å². The van der Waals surface area contributed by atoms with Gasteiger partial charge in [0.1, 0.15) is 0 Å². The van der Waals surface area contributed by atoms with E-state index in [9.17, 15) is 20.4 Å². The van der Waals surface area contributed by atoms with Crippen LogP contribution in [0.15, 0.2) is 0 Å². The number of rotatable bonds is 4. The summed E-state index contributed by atoms with van der Waals surface area (Å²) in [6.45, 7) is 15.5. The predicted molar refractivity (Wildman–Crippen MR) is 78.8 cm³/mol. The van der Waals surface area contributed by atoms with Crippen molar-refractivity contribution < 1.29 is 39.0 Å². The van der Waals surface area contributed by atoms with E-state index in [1.165, 1.54) is 0 Å². The third kappa shape index (κ3) is 97.7. The van der Waals surface area contributed by atoms with Crippen molar-refractivity contribution in [3.63, 3.8) is 0 Å². The second-order valence-corrected chi connectivity index (χ2v) is 6.24. The third-order valence-electron chi connectivity index (χ3n) is 1.33. The Morgan fingerprint density at radius 3 is 0.476 bits per heavy atom. The summed E-state index contributed by atoms with van der Waals surface area (Å²) < 4.78 is 0. The molecule has 0 aromatic carbocycles. The first-order valence-corrected chi connectivity index (χ1v) is 7.41. The van der Waals surface area contributed by atoms with Crippen molar-refractivity contribution in [3.8, 4) is 0 Å². The molecule has 0 N–H and O–H groups in total. The summed E-state index contributed by atoms with van der Waals surface area (Å²) in [6.07, 6.45) is 0. The summed E-state index contributed by atoms with van der Waals surface area (Å²) in [5.74, 6) is 1.31. The van der Waals surface area contributed by atoms with Gasteiger partial charge >= 0.3 is 18.6 Å². The van der Waals surface area contributed by atoms with Gasteiger partial charge in [0, 0.05) is 0 Å². The number of hydrogen-bond donors (Lipinski definition) is 0. The molecule has 0 heterocycles. The van der Waals surface area contributed by atoms with E-state index >= 15 is 0 Å². The van der Waals surface area contributed by atoms with Crippen molar-refractivity contribution in [2.45, 2.75) is 55.4 Å². The Balaban J connectivity index is -0.0000000533. The molecule has 5 heteroatoms. The fourth-order valence-corrected chi connectivity index (χ4v) is 0. The van der Waals surface area contributed by atoms with Crippen LogP contribution in [0.1, 0.15) is 55.4 Å². The molecule has 0 aromatic heterocycles. The molecule has 0 rings (SSSR count). The van der Waals surface area contributed by atoms with E-state index in [0.717, 1.165) is 0 Å². The molecule has 0 atom stereocenters. The van der Waals surface area contributed by atoms with Gasteiger partial charge in [0.25, 0.3) is 0 Å². The first-order chi connectivity index (χ1) is 9.08. The third-order valence-corrected chi connectivity index (χ3v) is 1.33. The molecule has 4 nitrogen and oxygen atoms in total. The Morgan fingerprint density at radius 2 is 0.476 bits per heavy atom. The summed E-state index contributed by atoms with van der Waals surface area (Å²) in [5.41, 5.74) is 0. The fraction of sp³-hybridized carbons (Fsp3) is 1.00. The largest absolute Gasteiger partial charge is 4.00 e. The molecular formula is C16H36O4V. The van der Waals surface area contributed by atoms with Gasteiger partial charge in [0.15, 0.2) is 0 Å². The van der Waals surface area contributed by atoms with Crippen LogP contribution in [0.2, 0.25) is 0 Å². The van der Waals surface area contributed by atoms with E-state index in [1.54, 1.807) is 0 Å². The molecule has 0 spiro atoms. The molecule has 0 fully saturated rings. The van der Waals surface area contributed by atoms with Crippen LogP contribution in [0.25, 0.3) is 0 Å². The Kier molecular flexibility index (Phi) is 45.1. The van der Waals surface area contributed by atoms with Crippen molar-refractivity contribution in [2.24, 2.45) is 23.7 Å². The van der Waals surface area contributed by atoms with Crippen molar-refractivity contribution in [2.75, 3.05) is 26.4 Å². The van der Waals surface area contributed by atoms with E-state index in [1.807, 2.05) is 55.4 Å². The summed E-state index contributed by atoms with van der Waals surface area (Å²) in [7, 11) is 0. The van der Waals surface area contributed by atoms with Crippen LogP contribution >= 0.6 is 0 Å². The van der Waals surface area contributed by atoms with Gasteiger partial charge in [-0.1, -0.05) is 79.1 Å². The van der Waals surface area contributed by atoms with Gasteiger partial charge in [0.2, 0.25) is 0 Å². The minimum absolute atomic E-state index is 0. The molecule has 0 aromatic rings. The fourth-order valence-electron chi connectivity index (χ4n) is 0. The molecule has 0 amide bonds. The zero-order valence-electron chi connectivity index (χ0n) is 15.2. The molecule has 21 heavy (non-hydrogen) atoms. The Hall–Kier alpha value is 0.424. The average Bonchev–Trinajstić information content (AvgIpc) is 2.40. The first-order valence-electron chi connectivity index (χ1n) is 7.41. The minimum Gasteiger partial charge on any atom is -0.854 e. The van der Waals surface area contributed by atoms with E-state index in [-0.39, 0.29) is 45.0 Å². The maximum Gasteiger partial charge on any atom is 4.00 e. The van der Waals surface area contributed by atoms with Crippen LogP contribution in [0.3, 0.4) is 0 Å². The van der Waals surface area contributed by atoms with E-state index < -0.39 is 0 Å².